The molecule has 0 aliphatic carbocycles. The lowest BCUT2D eigenvalue weighted by atomic mass is 10.3. The monoisotopic (exact) mass is 368 g/mol. The van der Waals surface area contributed by atoms with Crippen molar-refractivity contribution in [1.29, 1.82) is 0 Å². The lowest BCUT2D eigenvalue weighted by molar-refractivity contribution is 0.102. The lowest BCUT2D eigenvalue weighted by Crippen LogP contribution is -2.17. The summed E-state index contributed by atoms with van der Waals surface area (Å²) in [5, 5.41) is 2.60. The molecule has 1 amide bonds. The minimum atomic E-state index is -3.41. The quantitative estimate of drug-likeness (QED) is 0.899. The van der Waals surface area contributed by atoms with Crippen molar-refractivity contribution in [2.24, 2.45) is 0 Å². The molecule has 21 heavy (non-hydrogen) atoms. The summed E-state index contributed by atoms with van der Waals surface area (Å²) < 4.78 is 24.6. The molecule has 0 saturated carbocycles. The van der Waals surface area contributed by atoms with Crippen molar-refractivity contribution >= 4 is 37.4 Å². The number of rotatable bonds is 4. The number of hydrogen-bond acceptors (Lipinski definition) is 4. The predicted molar refractivity (Wildman–Crippen MR) is 84.1 cm³/mol. The van der Waals surface area contributed by atoms with Gasteiger partial charge in [0.1, 0.15) is 5.69 Å². The molecular weight excluding hydrogens is 356 g/mol. The summed E-state index contributed by atoms with van der Waals surface area (Å²) in [6.45, 7) is 1.56. The Hall–Kier alpha value is -1.73. The molecule has 0 saturated heterocycles. The highest BCUT2D eigenvalue weighted by Gasteiger charge is 2.19. The van der Waals surface area contributed by atoms with Crippen molar-refractivity contribution in [2.75, 3.05) is 11.1 Å². The summed E-state index contributed by atoms with van der Waals surface area (Å²) in [4.78, 5) is 16.3. The fourth-order valence-corrected chi connectivity index (χ4v) is 3.22. The first-order valence-corrected chi connectivity index (χ1v) is 8.64. The van der Waals surface area contributed by atoms with E-state index in [-0.39, 0.29) is 22.0 Å². The fraction of sp³-hybridized carbons (Fsp3) is 0.143. The molecule has 0 fully saturated rings. The Morgan fingerprint density at radius 2 is 1.95 bits per heavy atom. The van der Waals surface area contributed by atoms with Crippen LogP contribution in [0.25, 0.3) is 0 Å². The van der Waals surface area contributed by atoms with E-state index in [1.807, 2.05) is 0 Å². The fourth-order valence-electron chi connectivity index (χ4n) is 1.73. The smallest absolute Gasteiger partial charge is 0.275 e. The van der Waals surface area contributed by atoms with Crippen LogP contribution < -0.4 is 5.32 Å². The van der Waals surface area contributed by atoms with Gasteiger partial charge in [-0.05, 0) is 40.2 Å². The van der Waals surface area contributed by atoms with Gasteiger partial charge >= 0.3 is 0 Å². The van der Waals surface area contributed by atoms with Gasteiger partial charge in [0.15, 0.2) is 9.84 Å². The van der Waals surface area contributed by atoms with Crippen molar-refractivity contribution < 1.29 is 13.2 Å². The van der Waals surface area contributed by atoms with Gasteiger partial charge in [-0.2, -0.15) is 0 Å². The molecule has 1 aromatic heterocycles. The third-order valence-electron chi connectivity index (χ3n) is 2.82. The highest BCUT2D eigenvalue weighted by Crippen LogP contribution is 2.23. The van der Waals surface area contributed by atoms with Gasteiger partial charge in [-0.3, -0.25) is 4.79 Å². The molecule has 7 heteroatoms. The number of aromatic nitrogens is 1. The van der Waals surface area contributed by atoms with E-state index in [2.05, 4.69) is 26.2 Å². The third-order valence-corrected chi connectivity index (χ3v) is 5.25. The Morgan fingerprint density at radius 1 is 1.24 bits per heavy atom. The first-order valence-electron chi connectivity index (χ1n) is 6.19. The Morgan fingerprint density at radius 3 is 2.62 bits per heavy atom. The highest BCUT2D eigenvalue weighted by molar-refractivity contribution is 9.10. The molecule has 0 bridgehead atoms. The molecule has 0 unspecified atom stereocenters. The van der Waals surface area contributed by atoms with Gasteiger partial charge in [-0.15, -0.1) is 0 Å². The minimum Gasteiger partial charge on any atom is -0.319 e. The maximum absolute atomic E-state index is 12.2. The zero-order chi connectivity index (χ0) is 15.5. The van der Waals surface area contributed by atoms with Crippen molar-refractivity contribution in [3.8, 4) is 0 Å². The molecule has 0 radical (unpaired) electrons. The van der Waals surface area contributed by atoms with E-state index in [0.717, 1.165) is 0 Å². The zero-order valence-corrected chi connectivity index (χ0v) is 13.6. The van der Waals surface area contributed by atoms with E-state index in [9.17, 15) is 13.2 Å². The molecule has 2 aromatic rings. The highest BCUT2D eigenvalue weighted by atomic mass is 79.9. The van der Waals surface area contributed by atoms with Crippen LogP contribution in [0.1, 0.15) is 17.4 Å². The van der Waals surface area contributed by atoms with Crippen LogP contribution in [0.4, 0.5) is 5.69 Å². The van der Waals surface area contributed by atoms with Crippen molar-refractivity contribution in [3.63, 3.8) is 0 Å². The number of nitrogens with one attached hydrogen (secondary N) is 1. The molecular formula is C14H13BrN2O3S. The number of hydrogen-bond donors (Lipinski definition) is 1. The Labute approximate surface area is 131 Å². The van der Waals surface area contributed by atoms with E-state index >= 15 is 0 Å². The largest absolute Gasteiger partial charge is 0.319 e. The van der Waals surface area contributed by atoms with Gasteiger partial charge < -0.3 is 5.32 Å². The maximum Gasteiger partial charge on any atom is 0.275 e. The van der Waals surface area contributed by atoms with E-state index in [0.29, 0.717) is 4.47 Å². The normalized spacial score (nSPS) is 11.1. The van der Waals surface area contributed by atoms with Crippen LogP contribution >= 0.6 is 15.9 Å². The molecule has 110 valence electrons. The Kier molecular flexibility index (Phi) is 4.74. The summed E-state index contributed by atoms with van der Waals surface area (Å²) in [5.41, 5.74) is 0.447. The molecule has 5 nitrogen and oxygen atoms in total. The molecule has 0 aliphatic heterocycles. The average Bonchev–Trinajstić information content (AvgIpc) is 2.48. The van der Waals surface area contributed by atoms with Crippen LogP contribution in [0, 0.1) is 0 Å². The van der Waals surface area contributed by atoms with Gasteiger partial charge in [0.2, 0.25) is 0 Å². The number of pyridine rings is 1. The van der Waals surface area contributed by atoms with E-state index < -0.39 is 15.7 Å². The summed E-state index contributed by atoms with van der Waals surface area (Å²) in [7, 11) is -3.41. The second kappa shape index (κ2) is 6.36. The molecule has 1 heterocycles. The molecule has 2 rings (SSSR count). The van der Waals surface area contributed by atoms with Crippen LogP contribution in [0.2, 0.25) is 0 Å². The first-order chi connectivity index (χ1) is 9.95. The van der Waals surface area contributed by atoms with Crippen LogP contribution in [0.15, 0.2) is 52.0 Å². The zero-order valence-electron chi connectivity index (χ0n) is 11.2. The maximum atomic E-state index is 12.2. The number of nitrogens with zero attached hydrogens (tertiary/aromatic N) is 1. The van der Waals surface area contributed by atoms with Crippen LogP contribution in [0.5, 0.6) is 0 Å². The Balaban J connectivity index is 2.38. The summed E-state index contributed by atoms with van der Waals surface area (Å²) in [5.74, 6) is -0.506. The average molecular weight is 369 g/mol. The van der Waals surface area contributed by atoms with Gasteiger partial charge in [-0.1, -0.05) is 19.1 Å². The topological polar surface area (TPSA) is 76.1 Å². The second-order valence-corrected chi connectivity index (χ2v) is 7.29. The standard InChI is InChI=1S/C14H13BrN2O3S/c1-2-21(19,20)12-8-4-3-7-11(12)17-14(18)13-10(15)6-5-9-16-13/h3-9H,2H2,1H3,(H,17,18). The van der Waals surface area contributed by atoms with Crippen LogP contribution in [-0.2, 0) is 9.84 Å². The van der Waals surface area contributed by atoms with Gasteiger partial charge in [0, 0.05) is 10.7 Å². The van der Waals surface area contributed by atoms with Gasteiger partial charge in [0.25, 0.3) is 5.91 Å². The van der Waals surface area contributed by atoms with Gasteiger partial charge in [-0.25, -0.2) is 13.4 Å². The third kappa shape index (κ3) is 3.48. The molecule has 1 N–H and O–H groups in total. The first kappa shape index (κ1) is 15.7. The van der Waals surface area contributed by atoms with Crippen LogP contribution in [0.3, 0.4) is 0 Å². The minimum absolute atomic E-state index is 0.0346. The van der Waals surface area contributed by atoms with E-state index in [1.165, 1.54) is 12.3 Å². The summed E-state index contributed by atoms with van der Waals surface area (Å²) >= 11 is 3.24. The molecule has 1 aromatic carbocycles. The van der Waals surface area contributed by atoms with Crippen molar-refractivity contribution in [2.45, 2.75) is 11.8 Å². The number of anilines is 1. The summed E-state index contributed by atoms with van der Waals surface area (Å²) in [6, 6.07) is 9.69. The van der Waals surface area contributed by atoms with Crippen molar-refractivity contribution in [3.05, 3.63) is 52.8 Å². The number of benzene rings is 1. The second-order valence-electron chi connectivity index (χ2n) is 4.19. The molecule has 0 spiro atoms. The SMILES string of the molecule is CCS(=O)(=O)c1ccccc1NC(=O)c1ncccc1Br. The number of amides is 1. The predicted octanol–water partition coefficient (Wildman–Crippen LogP) is 2.89. The van der Waals surface area contributed by atoms with Crippen LogP contribution in [-0.4, -0.2) is 25.1 Å². The van der Waals surface area contributed by atoms with E-state index in [1.54, 1.807) is 37.3 Å². The lowest BCUT2D eigenvalue weighted by Gasteiger charge is -2.11. The van der Waals surface area contributed by atoms with Crippen molar-refractivity contribution in [1.82, 2.24) is 4.98 Å². The van der Waals surface area contributed by atoms with E-state index in [4.69, 9.17) is 0 Å². The van der Waals surface area contributed by atoms with Gasteiger partial charge in [0.05, 0.1) is 16.3 Å². The molecule has 0 aliphatic rings. The number of para-hydroxylation sites is 1. The number of sulfone groups is 1. The number of carbonyl (C=O) groups excluding carboxylic acids is 1. The summed E-state index contributed by atoms with van der Waals surface area (Å²) in [6.07, 6.45) is 1.49. The Bertz CT molecular complexity index is 775. The number of halogens is 1. The molecule has 0 atom stereocenters. The number of carbonyl (C=O) groups is 1.